The highest BCUT2D eigenvalue weighted by atomic mass is 32.2. The average Bonchev–Trinajstić information content (AvgIpc) is 2.86. The Balaban J connectivity index is 2.60. The fraction of sp³-hybridized carbons (Fsp3) is 0.167. The second-order valence-corrected chi connectivity index (χ2v) is 10.9. The molecule has 1 aliphatic rings. The van der Waals surface area contributed by atoms with Crippen molar-refractivity contribution in [2.75, 3.05) is 13.2 Å². The largest absolute Gasteiger partial charge is 0.462 e. The normalized spacial score (nSPS) is 14.6. The molecule has 0 unspecified atom stereocenters. The summed E-state index contributed by atoms with van der Waals surface area (Å²) in [7, 11) is -9.98. The maximum Gasteiger partial charge on any atom is 0.343 e. The van der Waals surface area contributed by atoms with Gasteiger partial charge in [0, 0.05) is 0 Å². The molecule has 0 heterocycles. The number of hydrogen-bond donors (Lipinski definition) is 0. The average molecular weight is 533 g/mol. The molecular weight excluding hydrogens is 512 g/mol. The van der Waals surface area contributed by atoms with Crippen molar-refractivity contribution in [2.24, 2.45) is 0 Å². The lowest BCUT2D eigenvalue weighted by atomic mass is 9.95. The monoisotopic (exact) mass is 532 g/mol. The summed E-state index contributed by atoms with van der Waals surface area (Å²) in [5, 5.41) is 0. The molecule has 0 aromatic heterocycles. The molecule has 0 spiro atoms. The second kappa shape index (κ2) is 10.4. The summed E-state index contributed by atoms with van der Waals surface area (Å²) in [6.07, 6.45) is 0. The highest BCUT2D eigenvalue weighted by molar-refractivity contribution is 8.00. The van der Waals surface area contributed by atoms with E-state index in [0.717, 1.165) is 24.3 Å². The standard InChI is InChI=1S/C24H20O10S2/c1-3-33-23(27)17-19(25)20(26)18(24(28)34-4-2)22(36(31,32)16-13-9-6-10-14-16)21(17)35(29,30)15-11-7-5-8-12-15/h5-14H,3-4H2,1-2H3. The van der Waals surface area contributed by atoms with E-state index in [1.165, 1.54) is 50.2 Å². The zero-order chi connectivity index (χ0) is 26.7. The predicted octanol–water partition coefficient (Wildman–Crippen LogP) is 1.72. The fourth-order valence-corrected chi connectivity index (χ4v) is 7.13. The van der Waals surface area contributed by atoms with Crippen molar-refractivity contribution < 1.29 is 45.5 Å². The quantitative estimate of drug-likeness (QED) is 0.212. The molecule has 36 heavy (non-hydrogen) atoms. The van der Waals surface area contributed by atoms with Crippen LogP contribution in [0, 0.1) is 0 Å². The lowest BCUT2D eigenvalue weighted by Crippen LogP contribution is -2.38. The van der Waals surface area contributed by atoms with Crippen LogP contribution in [0.1, 0.15) is 13.8 Å². The number of rotatable bonds is 8. The first-order valence-electron chi connectivity index (χ1n) is 10.5. The van der Waals surface area contributed by atoms with Gasteiger partial charge in [0.1, 0.15) is 21.0 Å². The molecular formula is C24H20O10S2. The van der Waals surface area contributed by atoms with Gasteiger partial charge in [-0.3, -0.25) is 9.59 Å². The molecule has 0 saturated heterocycles. The smallest absolute Gasteiger partial charge is 0.343 e. The number of ketones is 2. The number of hydrogen-bond acceptors (Lipinski definition) is 10. The number of ether oxygens (including phenoxy) is 2. The van der Waals surface area contributed by atoms with Gasteiger partial charge in [-0.15, -0.1) is 0 Å². The number of esters is 2. The van der Waals surface area contributed by atoms with Crippen molar-refractivity contribution in [3.8, 4) is 0 Å². The number of carbonyl (C=O) groups is 4. The van der Waals surface area contributed by atoms with Gasteiger partial charge in [0.25, 0.3) is 0 Å². The molecule has 0 bridgehead atoms. The molecule has 188 valence electrons. The van der Waals surface area contributed by atoms with Gasteiger partial charge < -0.3 is 9.47 Å². The summed E-state index contributed by atoms with van der Waals surface area (Å²) >= 11 is 0. The van der Waals surface area contributed by atoms with Crippen molar-refractivity contribution in [2.45, 2.75) is 23.6 Å². The van der Waals surface area contributed by atoms with Gasteiger partial charge in [0.05, 0.1) is 23.0 Å². The Morgan fingerprint density at radius 2 is 0.917 bits per heavy atom. The minimum atomic E-state index is -4.99. The van der Waals surface area contributed by atoms with Crippen LogP contribution in [0.4, 0.5) is 0 Å². The first kappa shape index (κ1) is 26.7. The Hall–Kier alpha value is -3.90. The summed E-state index contributed by atoms with van der Waals surface area (Å²) in [5.41, 5.74) is -2.62. The Morgan fingerprint density at radius 3 is 1.19 bits per heavy atom. The third-order valence-corrected chi connectivity index (χ3v) is 8.73. The van der Waals surface area contributed by atoms with Crippen molar-refractivity contribution >= 4 is 43.2 Å². The lowest BCUT2D eigenvalue weighted by Gasteiger charge is -2.23. The minimum Gasteiger partial charge on any atom is -0.462 e. The van der Waals surface area contributed by atoms with Crippen molar-refractivity contribution in [3.63, 3.8) is 0 Å². The molecule has 0 aliphatic heterocycles. The van der Waals surface area contributed by atoms with Gasteiger partial charge in [-0.1, -0.05) is 36.4 Å². The molecule has 0 radical (unpaired) electrons. The summed E-state index contributed by atoms with van der Waals surface area (Å²) in [6, 6.07) is 12.7. The molecule has 0 fully saturated rings. The molecule has 10 nitrogen and oxygen atoms in total. The van der Waals surface area contributed by atoms with E-state index in [4.69, 9.17) is 9.47 Å². The first-order chi connectivity index (χ1) is 17.0. The van der Waals surface area contributed by atoms with Gasteiger partial charge in [-0.25, -0.2) is 26.4 Å². The predicted molar refractivity (Wildman–Crippen MR) is 125 cm³/mol. The highest BCUT2D eigenvalue weighted by Crippen LogP contribution is 2.40. The number of benzene rings is 2. The van der Waals surface area contributed by atoms with E-state index in [0.29, 0.717) is 0 Å². The van der Waals surface area contributed by atoms with Crippen LogP contribution in [0.15, 0.2) is 91.4 Å². The number of Topliss-reactive ketones (excluding diaryl/α,β-unsaturated/α-hetero) is 2. The summed E-state index contributed by atoms with van der Waals surface area (Å²) < 4.78 is 64.8. The van der Waals surface area contributed by atoms with Crippen LogP contribution in [0.3, 0.4) is 0 Å². The lowest BCUT2D eigenvalue weighted by molar-refractivity contribution is -0.145. The van der Waals surface area contributed by atoms with E-state index in [2.05, 4.69) is 0 Å². The Kier molecular flexibility index (Phi) is 7.70. The topological polar surface area (TPSA) is 155 Å². The molecule has 2 aromatic carbocycles. The minimum absolute atomic E-state index is 0.322. The van der Waals surface area contributed by atoms with E-state index >= 15 is 0 Å². The van der Waals surface area contributed by atoms with Crippen LogP contribution in [0.2, 0.25) is 0 Å². The molecule has 0 saturated carbocycles. The van der Waals surface area contributed by atoms with Gasteiger partial charge in [-0.2, -0.15) is 0 Å². The molecule has 0 N–H and O–H groups in total. The third kappa shape index (κ3) is 4.64. The fourth-order valence-electron chi connectivity index (χ4n) is 3.39. The highest BCUT2D eigenvalue weighted by Gasteiger charge is 2.51. The van der Waals surface area contributed by atoms with E-state index in [1.54, 1.807) is 0 Å². The summed E-state index contributed by atoms with van der Waals surface area (Å²) in [6.45, 7) is 2.08. The zero-order valence-corrected chi connectivity index (χ0v) is 20.7. The van der Waals surface area contributed by atoms with E-state index in [9.17, 15) is 36.0 Å². The zero-order valence-electron chi connectivity index (χ0n) is 19.1. The van der Waals surface area contributed by atoms with Crippen LogP contribution >= 0.6 is 0 Å². The number of carbonyl (C=O) groups excluding carboxylic acids is 4. The molecule has 12 heteroatoms. The molecule has 1 aliphatic carbocycles. The SMILES string of the molecule is CCOC(=O)C1=C(S(=O)(=O)c2ccccc2)C(S(=O)(=O)c2ccccc2)=C(C(=O)OCC)C(=O)C1=O. The molecule has 3 rings (SSSR count). The summed E-state index contributed by atoms with van der Waals surface area (Å²) in [5.74, 6) is -6.49. The number of sulfone groups is 2. The maximum atomic E-state index is 13.8. The van der Waals surface area contributed by atoms with Gasteiger partial charge in [-0.05, 0) is 38.1 Å². The second-order valence-electron chi connectivity index (χ2n) is 7.14. The van der Waals surface area contributed by atoms with Crippen LogP contribution in [0.25, 0.3) is 0 Å². The molecule has 2 aromatic rings. The first-order valence-corrected chi connectivity index (χ1v) is 13.5. The molecule has 0 amide bonds. The summed E-state index contributed by atoms with van der Waals surface area (Å²) in [4.78, 5) is 48.1. The molecule has 0 atom stereocenters. The van der Waals surface area contributed by atoms with Gasteiger partial charge in [0.15, 0.2) is 0 Å². The Bertz CT molecular complexity index is 1400. The van der Waals surface area contributed by atoms with Crippen LogP contribution in [0.5, 0.6) is 0 Å². The van der Waals surface area contributed by atoms with Crippen molar-refractivity contribution in [1.29, 1.82) is 0 Å². The van der Waals surface area contributed by atoms with Crippen molar-refractivity contribution in [3.05, 3.63) is 81.6 Å². The third-order valence-electron chi connectivity index (χ3n) is 4.92. The van der Waals surface area contributed by atoms with Gasteiger partial charge >= 0.3 is 11.9 Å². The van der Waals surface area contributed by atoms with Crippen molar-refractivity contribution in [1.82, 2.24) is 0 Å². The van der Waals surface area contributed by atoms with Crippen LogP contribution in [-0.4, -0.2) is 53.6 Å². The Labute approximate surface area is 207 Å². The Morgan fingerprint density at radius 1 is 0.611 bits per heavy atom. The van der Waals surface area contributed by atoms with Crippen LogP contribution in [-0.2, 0) is 48.3 Å². The van der Waals surface area contributed by atoms with Gasteiger partial charge in [0.2, 0.25) is 31.2 Å². The van der Waals surface area contributed by atoms with E-state index in [-0.39, 0.29) is 13.2 Å². The van der Waals surface area contributed by atoms with E-state index in [1.807, 2.05) is 0 Å². The van der Waals surface area contributed by atoms with E-state index < -0.39 is 73.9 Å². The van der Waals surface area contributed by atoms with Crippen LogP contribution < -0.4 is 0 Å². The maximum absolute atomic E-state index is 13.8.